The molecule has 0 bridgehead atoms. The van der Waals surface area contributed by atoms with Crippen molar-refractivity contribution in [3.8, 4) is 11.5 Å². The van der Waals surface area contributed by atoms with Crippen LogP contribution in [0.25, 0.3) is 0 Å². The molecule has 0 aliphatic carbocycles. The van der Waals surface area contributed by atoms with E-state index in [-0.39, 0.29) is 25.4 Å². The predicted molar refractivity (Wildman–Crippen MR) is 98.3 cm³/mol. The Balaban J connectivity index is 3.21. The first-order valence-electron chi connectivity index (χ1n) is 8.76. The molecule has 0 aliphatic rings. The molecular formula is C18H25F3O7S. The van der Waals surface area contributed by atoms with E-state index in [1.54, 1.807) is 20.8 Å². The number of methoxy groups -OCH3 is 1. The minimum atomic E-state index is -5.86. The summed E-state index contributed by atoms with van der Waals surface area (Å²) < 4.78 is 80.2. The van der Waals surface area contributed by atoms with Crippen molar-refractivity contribution in [1.29, 1.82) is 0 Å². The molecule has 29 heavy (non-hydrogen) atoms. The van der Waals surface area contributed by atoms with Crippen molar-refractivity contribution in [2.75, 3.05) is 26.9 Å². The summed E-state index contributed by atoms with van der Waals surface area (Å²) in [6.45, 7) is 5.75. The van der Waals surface area contributed by atoms with Gasteiger partial charge in [0.1, 0.15) is 0 Å². The fourth-order valence-electron chi connectivity index (χ4n) is 2.34. The van der Waals surface area contributed by atoms with Gasteiger partial charge in [0.2, 0.25) is 0 Å². The highest BCUT2D eigenvalue weighted by molar-refractivity contribution is 7.88. The lowest BCUT2D eigenvalue weighted by Gasteiger charge is -2.25. The Kier molecular flexibility index (Phi) is 8.76. The van der Waals surface area contributed by atoms with Crippen molar-refractivity contribution in [2.24, 2.45) is 0 Å². The van der Waals surface area contributed by atoms with E-state index in [0.29, 0.717) is 18.6 Å². The molecule has 0 N–H and O–H groups in total. The van der Waals surface area contributed by atoms with E-state index in [1.165, 1.54) is 19.2 Å². The average molecular weight is 442 g/mol. The maximum absolute atomic E-state index is 12.7. The monoisotopic (exact) mass is 442 g/mol. The fourth-order valence-corrected chi connectivity index (χ4v) is 2.80. The highest BCUT2D eigenvalue weighted by Crippen LogP contribution is 2.38. The molecule has 7 nitrogen and oxygen atoms in total. The third-order valence-corrected chi connectivity index (χ3v) is 4.82. The zero-order valence-electron chi connectivity index (χ0n) is 16.7. The maximum Gasteiger partial charge on any atom is 0.534 e. The summed E-state index contributed by atoms with van der Waals surface area (Å²) in [5.74, 6) is -1.24. The topological polar surface area (TPSA) is 88.1 Å². The molecule has 0 heterocycles. The van der Waals surface area contributed by atoms with Crippen LogP contribution in [-0.4, -0.2) is 46.8 Å². The van der Waals surface area contributed by atoms with E-state index in [0.717, 1.165) is 6.07 Å². The van der Waals surface area contributed by atoms with Gasteiger partial charge in [0.15, 0.2) is 11.5 Å². The summed E-state index contributed by atoms with van der Waals surface area (Å²) in [5.41, 5.74) is -5.80. The zero-order chi connectivity index (χ0) is 22.3. The lowest BCUT2D eigenvalue weighted by molar-refractivity contribution is -0.144. The Hall–Kier alpha value is -2.01. The van der Waals surface area contributed by atoms with Crippen molar-refractivity contribution >= 4 is 16.1 Å². The summed E-state index contributed by atoms with van der Waals surface area (Å²) >= 11 is 0. The van der Waals surface area contributed by atoms with Gasteiger partial charge in [-0.25, -0.2) is 0 Å². The second-order valence-electron chi connectivity index (χ2n) is 6.71. The smallest absolute Gasteiger partial charge is 0.490 e. The Morgan fingerprint density at radius 2 is 1.76 bits per heavy atom. The molecule has 0 aromatic heterocycles. The highest BCUT2D eigenvalue weighted by atomic mass is 32.2. The second-order valence-corrected chi connectivity index (χ2v) is 8.24. The van der Waals surface area contributed by atoms with Gasteiger partial charge < -0.3 is 18.4 Å². The molecule has 1 rings (SSSR count). The molecule has 166 valence electrons. The van der Waals surface area contributed by atoms with Crippen molar-refractivity contribution in [3.05, 3.63) is 23.8 Å². The van der Waals surface area contributed by atoms with E-state index in [2.05, 4.69) is 4.18 Å². The number of carbonyl (C=O) groups excluding carboxylic acids is 1. The number of esters is 1. The van der Waals surface area contributed by atoms with Crippen LogP contribution < -0.4 is 8.92 Å². The molecule has 0 saturated heterocycles. The van der Waals surface area contributed by atoms with Crippen LogP contribution in [0.1, 0.15) is 39.2 Å². The quantitative estimate of drug-likeness (QED) is 0.224. The molecule has 0 fully saturated rings. The largest absolute Gasteiger partial charge is 0.534 e. The van der Waals surface area contributed by atoms with Crippen LogP contribution in [-0.2, 0) is 29.8 Å². The minimum absolute atomic E-state index is 0.00497. The Bertz CT molecular complexity index is 789. The third kappa shape index (κ3) is 7.39. The van der Waals surface area contributed by atoms with Gasteiger partial charge in [0, 0.05) is 25.6 Å². The van der Waals surface area contributed by atoms with Crippen molar-refractivity contribution in [3.63, 3.8) is 0 Å². The normalized spacial score (nSPS) is 12.5. The predicted octanol–water partition coefficient (Wildman–Crippen LogP) is 3.56. The van der Waals surface area contributed by atoms with E-state index >= 15 is 0 Å². The van der Waals surface area contributed by atoms with Gasteiger partial charge in [-0.3, -0.25) is 4.79 Å². The van der Waals surface area contributed by atoms with E-state index < -0.39 is 32.8 Å². The number of ether oxygens (including phenoxy) is 3. The first-order valence-corrected chi connectivity index (χ1v) is 10.2. The number of carbonyl (C=O) groups is 1. The number of benzene rings is 1. The molecule has 0 amide bonds. The van der Waals surface area contributed by atoms with E-state index in [1.807, 2.05) is 0 Å². The maximum atomic E-state index is 12.7. The molecule has 0 spiro atoms. The number of halogens is 3. The van der Waals surface area contributed by atoms with Crippen LogP contribution in [0.15, 0.2) is 18.2 Å². The molecule has 0 aliphatic heterocycles. The lowest BCUT2D eigenvalue weighted by Crippen LogP contribution is -2.28. The van der Waals surface area contributed by atoms with Gasteiger partial charge in [0.05, 0.1) is 19.6 Å². The van der Waals surface area contributed by atoms with Crippen molar-refractivity contribution < 1.29 is 44.8 Å². The standard InChI is InChI=1S/C18H25F3O7S/c1-5-26-16(22)12-17(2,3)13-7-8-14(28-29(23,24)18(19,20)21)15(11-13)27-10-6-9-25-4/h7-8,11H,5-6,9-10,12H2,1-4H3. The van der Waals surface area contributed by atoms with Crippen LogP contribution in [0.3, 0.4) is 0 Å². The summed E-state index contributed by atoms with van der Waals surface area (Å²) in [6, 6.07) is 3.80. The first-order chi connectivity index (χ1) is 13.3. The summed E-state index contributed by atoms with van der Waals surface area (Å²) in [7, 11) is -4.39. The van der Waals surface area contributed by atoms with Gasteiger partial charge in [0.25, 0.3) is 0 Å². The lowest BCUT2D eigenvalue weighted by atomic mass is 9.81. The minimum Gasteiger partial charge on any atom is -0.490 e. The van der Waals surface area contributed by atoms with Crippen LogP contribution in [0, 0.1) is 0 Å². The van der Waals surface area contributed by atoms with Gasteiger partial charge in [-0.1, -0.05) is 19.9 Å². The third-order valence-electron chi connectivity index (χ3n) is 3.85. The Labute approximate surface area is 168 Å². The molecule has 0 unspecified atom stereocenters. The van der Waals surface area contributed by atoms with Crippen LogP contribution in [0.2, 0.25) is 0 Å². The molecule has 0 radical (unpaired) electrons. The van der Waals surface area contributed by atoms with Gasteiger partial charge in [-0.2, -0.15) is 21.6 Å². The van der Waals surface area contributed by atoms with Crippen molar-refractivity contribution in [1.82, 2.24) is 0 Å². The number of hydrogen-bond acceptors (Lipinski definition) is 7. The number of alkyl halides is 3. The summed E-state index contributed by atoms with van der Waals surface area (Å²) in [6.07, 6.45) is 0.420. The Morgan fingerprint density at radius 3 is 2.31 bits per heavy atom. The van der Waals surface area contributed by atoms with Gasteiger partial charge in [-0.05, 0) is 24.6 Å². The fraction of sp³-hybridized carbons (Fsp3) is 0.611. The van der Waals surface area contributed by atoms with Crippen molar-refractivity contribution in [2.45, 2.75) is 44.5 Å². The molecule has 0 saturated carbocycles. The average Bonchev–Trinajstić information content (AvgIpc) is 2.58. The van der Waals surface area contributed by atoms with Gasteiger partial charge >= 0.3 is 21.6 Å². The SMILES string of the molecule is CCOC(=O)CC(C)(C)c1ccc(OS(=O)(=O)C(F)(F)F)c(OCCCOC)c1. The molecule has 1 aromatic rings. The number of rotatable bonds is 11. The van der Waals surface area contributed by atoms with E-state index in [4.69, 9.17) is 14.2 Å². The first kappa shape index (κ1) is 25.0. The van der Waals surface area contributed by atoms with Crippen LogP contribution in [0.5, 0.6) is 11.5 Å². The molecule has 11 heteroatoms. The second kappa shape index (κ2) is 10.1. The van der Waals surface area contributed by atoms with Crippen LogP contribution in [0.4, 0.5) is 13.2 Å². The summed E-state index contributed by atoms with van der Waals surface area (Å²) in [4.78, 5) is 11.8. The zero-order valence-corrected chi connectivity index (χ0v) is 17.5. The highest BCUT2D eigenvalue weighted by Gasteiger charge is 2.49. The van der Waals surface area contributed by atoms with Crippen LogP contribution >= 0.6 is 0 Å². The van der Waals surface area contributed by atoms with E-state index in [9.17, 15) is 26.4 Å². The Morgan fingerprint density at radius 1 is 1.10 bits per heavy atom. The molecule has 0 atom stereocenters. The molecular weight excluding hydrogens is 417 g/mol. The molecule has 1 aromatic carbocycles. The summed E-state index contributed by atoms with van der Waals surface area (Å²) in [5, 5.41) is 0. The van der Waals surface area contributed by atoms with Gasteiger partial charge in [-0.15, -0.1) is 0 Å². The number of hydrogen-bond donors (Lipinski definition) is 0.